The summed E-state index contributed by atoms with van der Waals surface area (Å²) >= 11 is 3.54. The molecule has 112 valence electrons. The Morgan fingerprint density at radius 2 is 2.00 bits per heavy atom. The number of ketones is 1. The maximum Gasteiger partial charge on any atom is 0.169 e. The van der Waals surface area contributed by atoms with Crippen LogP contribution in [0.25, 0.3) is 0 Å². The van der Waals surface area contributed by atoms with Gasteiger partial charge in [-0.05, 0) is 43.9 Å². The van der Waals surface area contributed by atoms with Gasteiger partial charge < -0.3 is 4.74 Å². The summed E-state index contributed by atoms with van der Waals surface area (Å²) in [6.07, 6.45) is 4.06. The van der Waals surface area contributed by atoms with Crippen molar-refractivity contribution in [3.05, 3.63) is 27.2 Å². The number of halogens is 1. The zero-order chi connectivity index (χ0) is 15.3. The van der Waals surface area contributed by atoms with Gasteiger partial charge in [0.1, 0.15) is 5.75 Å². The molecule has 1 rings (SSSR count). The van der Waals surface area contributed by atoms with Crippen LogP contribution in [0, 0.1) is 19.8 Å². The van der Waals surface area contributed by atoms with E-state index < -0.39 is 0 Å². The number of ether oxygens (including phenoxy) is 1. The Morgan fingerprint density at radius 3 is 2.50 bits per heavy atom. The number of aryl methyl sites for hydroxylation is 1. The molecule has 2 nitrogen and oxygen atoms in total. The fraction of sp³-hybridized carbons (Fsp3) is 0.588. The average Bonchev–Trinajstić information content (AvgIpc) is 2.43. The predicted octanol–water partition coefficient (Wildman–Crippen LogP) is 5.47. The van der Waals surface area contributed by atoms with Crippen molar-refractivity contribution in [1.29, 1.82) is 0 Å². The Kier molecular flexibility index (Phi) is 6.74. The van der Waals surface area contributed by atoms with E-state index in [0.717, 1.165) is 52.6 Å². The minimum absolute atomic E-state index is 0.0937. The molecule has 0 heterocycles. The van der Waals surface area contributed by atoms with Gasteiger partial charge >= 0.3 is 0 Å². The molecule has 3 heteroatoms. The van der Waals surface area contributed by atoms with Gasteiger partial charge in [0.15, 0.2) is 5.78 Å². The highest BCUT2D eigenvalue weighted by Gasteiger charge is 2.25. The van der Waals surface area contributed by atoms with E-state index in [-0.39, 0.29) is 11.7 Å². The smallest absolute Gasteiger partial charge is 0.169 e. The van der Waals surface area contributed by atoms with Crippen LogP contribution < -0.4 is 4.74 Å². The summed E-state index contributed by atoms with van der Waals surface area (Å²) in [6, 6.07) is 2.01. The van der Waals surface area contributed by atoms with Crippen molar-refractivity contribution in [2.24, 2.45) is 5.92 Å². The monoisotopic (exact) mass is 340 g/mol. The van der Waals surface area contributed by atoms with E-state index in [1.54, 1.807) is 7.11 Å². The number of carbonyl (C=O) groups is 1. The molecule has 0 spiro atoms. The second kappa shape index (κ2) is 7.82. The quantitative estimate of drug-likeness (QED) is 0.615. The Balaban J connectivity index is 3.26. The highest BCUT2D eigenvalue weighted by Crippen LogP contribution is 2.35. The van der Waals surface area contributed by atoms with Gasteiger partial charge in [0.25, 0.3) is 0 Å². The van der Waals surface area contributed by atoms with Crippen LogP contribution in [-0.4, -0.2) is 12.9 Å². The molecule has 0 fully saturated rings. The Morgan fingerprint density at radius 1 is 1.35 bits per heavy atom. The lowest BCUT2D eigenvalue weighted by Gasteiger charge is -2.19. The molecule has 1 atom stereocenters. The average molecular weight is 341 g/mol. The highest BCUT2D eigenvalue weighted by atomic mass is 79.9. The first-order chi connectivity index (χ1) is 9.47. The number of unbranched alkanes of at least 4 members (excludes halogenated alkanes) is 1. The lowest BCUT2D eigenvalue weighted by atomic mass is 9.87. The molecule has 0 saturated heterocycles. The van der Waals surface area contributed by atoms with Crippen molar-refractivity contribution in [2.45, 2.75) is 53.4 Å². The van der Waals surface area contributed by atoms with Gasteiger partial charge in [-0.1, -0.05) is 42.6 Å². The van der Waals surface area contributed by atoms with Gasteiger partial charge in [-0.3, -0.25) is 4.79 Å². The number of hydrogen-bond donors (Lipinski definition) is 0. The summed E-state index contributed by atoms with van der Waals surface area (Å²) in [5.74, 6) is 1.04. The molecule has 0 saturated carbocycles. The van der Waals surface area contributed by atoms with Crippen LogP contribution in [0.3, 0.4) is 0 Å². The van der Waals surface area contributed by atoms with Crippen molar-refractivity contribution in [3.8, 4) is 5.75 Å². The third-order valence-corrected chi connectivity index (χ3v) is 4.71. The summed E-state index contributed by atoms with van der Waals surface area (Å²) < 4.78 is 6.47. The van der Waals surface area contributed by atoms with Gasteiger partial charge in [-0.25, -0.2) is 0 Å². The Labute approximate surface area is 131 Å². The standard InChI is InChI=1S/C17H25BrO2/c1-6-8-9-13(7-2)16(19)15-12(4)14(18)10-11(3)17(15)20-5/h10,13H,6-9H2,1-5H3. The van der Waals surface area contributed by atoms with E-state index >= 15 is 0 Å². The minimum atomic E-state index is 0.0937. The molecule has 0 aliphatic heterocycles. The van der Waals surface area contributed by atoms with Crippen molar-refractivity contribution < 1.29 is 9.53 Å². The molecule has 0 aliphatic carbocycles. The lowest BCUT2D eigenvalue weighted by molar-refractivity contribution is 0.0904. The predicted molar refractivity (Wildman–Crippen MR) is 87.8 cm³/mol. The molecule has 20 heavy (non-hydrogen) atoms. The van der Waals surface area contributed by atoms with E-state index in [0.29, 0.717) is 0 Å². The second-order valence-electron chi connectivity index (χ2n) is 5.32. The minimum Gasteiger partial charge on any atom is -0.496 e. The molecule has 1 unspecified atom stereocenters. The van der Waals surface area contributed by atoms with Crippen molar-refractivity contribution >= 4 is 21.7 Å². The summed E-state index contributed by atoms with van der Waals surface area (Å²) in [5, 5.41) is 0. The van der Waals surface area contributed by atoms with Gasteiger partial charge in [-0.15, -0.1) is 0 Å². The van der Waals surface area contributed by atoms with E-state index in [9.17, 15) is 4.79 Å². The zero-order valence-corrected chi connectivity index (χ0v) is 14.8. The number of methoxy groups -OCH3 is 1. The van der Waals surface area contributed by atoms with Crippen molar-refractivity contribution in [3.63, 3.8) is 0 Å². The molecule has 1 aromatic carbocycles. The van der Waals surface area contributed by atoms with Crippen LogP contribution >= 0.6 is 15.9 Å². The molecular weight excluding hydrogens is 316 g/mol. The Hall–Kier alpha value is -0.830. The van der Waals surface area contributed by atoms with Gasteiger partial charge in [-0.2, -0.15) is 0 Å². The van der Waals surface area contributed by atoms with Crippen LogP contribution in [0.15, 0.2) is 10.5 Å². The molecule has 0 aromatic heterocycles. The first-order valence-electron chi connectivity index (χ1n) is 7.35. The van der Waals surface area contributed by atoms with Gasteiger partial charge in [0.2, 0.25) is 0 Å². The molecule has 1 aromatic rings. The molecule has 0 radical (unpaired) electrons. The third-order valence-electron chi connectivity index (χ3n) is 3.88. The van der Waals surface area contributed by atoms with Crippen molar-refractivity contribution in [2.75, 3.05) is 7.11 Å². The van der Waals surface area contributed by atoms with Gasteiger partial charge in [0, 0.05) is 10.4 Å². The SMILES string of the molecule is CCCCC(CC)C(=O)c1c(C)c(Br)cc(C)c1OC. The number of Topliss-reactive ketones (excluding diaryl/α,β-unsaturated/α-hetero) is 1. The van der Waals surface area contributed by atoms with Crippen LogP contribution in [0.4, 0.5) is 0 Å². The largest absolute Gasteiger partial charge is 0.496 e. The van der Waals surface area contributed by atoms with Crippen LogP contribution in [-0.2, 0) is 0 Å². The third kappa shape index (κ3) is 3.63. The summed E-state index contributed by atoms with van der Waals surface area (Å²) in [7, 11) is 1.64. The number of carbonyl (C=O) groups excluding carboxylic acids is 1. The first-order valence-corrected chi connectivity index (χ1v) is 8.15. The van der Waals surface area contributed by atoms with E-state index in [4.69, 9.17) is 4.74 Å². The summed E-state index contributed by atoms with van der Waals surface area (Å²) in [5.41, 5.74) is 2.73. The van der Waals surface area contributed by atoms with Gasteiger partial charge in [0.05, 0.1) is 12.7 Å². The van der Waals surface area contributed by atoms with E-state index in [1.165, 1.54) is 0 Å². The van der Waals surface area contributed by atoms with Crippen LogP contribution in [0.2, 0.25) is 0 Å². The van der Waals surface area contributed by atoms with Crippen molar-refractivity contribution in [1.82, 2.24) is 0 Å². The fourth-order valence-corrected chi connectivity index (χ4v) is 3.13. The highest BCUT2D eigenvalue weighted by molar-refractivity contribution is 9.10. The Bertz CT molecular complexity index is 480. The van der Waals surface area contributed by atoms with E-state index in [2.05, 4.69) is 29.8 Å². The first kappa shape index (κ1) is 17.2. The molecule has 0 aliphatic rings. The molecule has 0 N–H and O–H groups in total. The zero-order valence-electron chi connectivity index (χ0n) is 13.2. The van der Waals surface area contributed by atoms with Crippen LogP contribution in [0.5, 0.6) is 5.75 Å². The summed E-state index contributed by atoms with van der Waals surface area (Å²) in [6.45, 7) is 8.20. The van der Waals surface area contributed by atoms with E-state index in [1.807, 2.05) is 19.9 Å². The second-order valence-corrected chi connectivity index (χ2v) is 6.17. The maximum absolute atomic E-state index is 12.9. The summed E-state index contributed by atoms with van der Waals surface area (Å²) in [4.78, 5) is 12.9. The van der Waals surface area contributed by atoms with Crippen LogP contribution in [0.1, 0.15) is 61.0 Å². The molecular formula is C17H25BrO2. The molecule has 0 bridgehead atoms. The fourth-order valence-electron chi connectivity index (χ4n) is 2.59. The topological polar surface area (TPSA) is 26.3 Å². The normalized spacial score (nSPS) is 12.3. The number of benzene rings is 1. The maximum atomic E-state index is 12.9. The number of hydrogen-bond acceptors (Lipinski definition) is 2. The number of rotatable bonds is 7. The lowest BCUT2D eigenvalue weighted by Crippen LogP contribution is -2.17. The molecule has 0 amide bonds.